The molecule has 0 aliphatic carbocycles. The summed E-state index contributed by atoms with van der Waals surface area (Å²) in [6.45, 7) is 69.6. The molecule has 0 aromatic rings. The molecule has 49 heavy (non-hydrogen) atoms. The van der Waals surface area contributed by atoms with E-state index in [1.54, 1.807) is 0 Å². The van der Waals surface area contributed by atoms with Crippen LogP contribution in [0, 0.1) is 17.8 Å². The van der Waals surface area contributed by atoms with Crippen LogP contribution in [0.3, 0.4) is 0 Å². The first-order valence-corrected chi connectivity index (χ1v) is 39.4. The summed E-state index contributed by atoms with van der Waals surface area (Å²) in [7, 11) is -0.202. The molecule has 0 amide bonds. The number of hydrogen-bond acceptors (Lipinski definition) is 0. The Morgan fingerprint density at radius 2 is 0.837 bits per heavy atom. The maximum absolute atomic E-state index is 3.90. The molecular formula is C44H99GeP2SiSn+. The van der Waals surface area contributed by atoms with E-state index < -0.39 is 42.9 Å². The Morgan fingerprint density at radius 1 is 0.673 bits per heavy atom. The first-order chi connectivity index (χ1) is 21.1. The molecule has 0 bridgehead atoms. The fourth-order valence-electron chi connectivity index (χ4n) is 0. The van der Waals surface area contributed by atoms with E-state index in [0.29, 0.717) is 5.92 Å². The van der Waals surface area contributed by atoms with Crippen molar-refractivity contribution in [2.24, 2.45) is 17.8 Å². The maximum atomic E-state index is 3.90. The molecule has 296 valence electrons. The average molecular weight is 910 g/mol. The molecule has 0 radical (unpaired) electrons. The first-order valence-electron chi connectivity index (χ1n) is 17.9. The largest absolute Gasteiger partial charge is 0.110 e. The van der Waals surface area contributed by atoms with Crippen LogP contribution >= 0.6 is 15.5 Å². The van der Waals surface area contributed by atoms with E-state index in [9.17, 15) is 0 Å². The van der Waals surface area contributed by atoms with E-state index in [0.717, 1.165) is 28.6 Å². The van der Waals surface area contributed by atoms with Gasteiger partial charge in [0.05, 0.1) is 29.3 Å². The second-order valence-corrected chi connectivity index (χ2v) is 40.2. The minimum atomic E-state index is -0.999. The van der Waals surface area contributed by atoms with Crippen molar-refractivity contribution in [1.82, 2.24) is 0 Å². The second kappa shape index (κ2) is 46.4. The zero-order chi connectivity index (χ0) is 41.2. The fourth-order valence-corrected chi connectivity index (χ4v) is 0. The van der Waals surface area contributed by atoms with Crippen LogP contribution in [0.25, 0.3) is 0 Å². The topological polar surface area (TPSA) is 0 Å². The van der Waals surface area contributed by atoms with Crippen LogP contribution < -0.4 is 0 Å². The summed E-state index contributed by atoms with van der Waals surface area (Å²) in [5.74, 6) is 7.02. The molecule has 0 spiro atoms. The van der Waals surface area contributed by atoms with Crippen molar-refractivity contribution in [2.75, 3.05) is 20.0 Å². The van der Waals surface area contributed by atoms with Gasteiger partial charge in [-0.3, -0.25) is 0 Å². The molecule has 0 saturated heterocycles. The molecule has 1 atom stereocenters. The van der Waals surface area contributed by atoms with Gasteiger partial charge in [-0.05, 0) is 79.5 Å². The average Bonchev–Trinajstić information content (AvgIpc) is 2.90. The normalized spacial score (nSPS) is 9.51. The number of hydrogen-bond donors (Lipinski definition) is 0. The molecule has 0 aliphatic heterocycles. The van der Waals surface area contributed by atoms with Crippen LogP contribution in [0.2, 0.25) is 34.5 Å². The minimum Gasteiger partial charge on any atom is -0.0625 e. The quantitative estimate of drug-likeness (QED) is 0.0985. The summed E-state index contributed by atoms with van der Waals surface area (Å²) >= 11 is -1.82. The number of allylic oxidation sites excluding steroid dienone is 7. The van der Waals surface area contributed by atoms with Crippen molar-refractivity contribution < 1.29 is 0 Å². The van der Waals surface area contributed by atoms with Crippen molar-refractivity contribution in [3.8, 4) is 0 Å². The Kier molecular flexibility index (Phi) is 67.0. The van der Waals surface area contributed by atoms with Gasteiger partial charge in [0.1, 0.15) is 5.66 Å². The third-order valence-corrected chi connectivity index (χ3v) is 22.7. The van der Waals surface area contributed by atoms with Gasteiger partial charge in [-0.2, -0.15) is 0 Å². The van der Waals surface area contributed by atoms with Gasteiger partial charge >= 0.3 is 90.5 Å². The molecule has 1 unspecified atom stereocenters. The zero-order valence-electron chi connectivity index (χ0n) is 38.1. The smallest absolute Gasteiger partial charge is 0.0625 e. The van der Waals surface area contributed by atoms with Gasteiger partial charge in [0.2, 0.25) is 0 Å². The summed E-state index contributed by atoms with van der Waals surface area (Å²) in [5, 5.41) is 2.72. The summed E-state index contributed by atoms with van der Waals surface area (Å²) in [6.07, 6.45) is 3.90. The standard InChI is InChI=1S/C6H14.C6H12.C6H10.C5H12Ge.C5H12P.C5H11P.C5H12Si.C3H5.CH4.2CH3.Sn.H/c7*1-5(2)6(3)4;1-3-2;;;;;/h5-6H,1-4H3;6H,1H2,2-4H3;1,3H2,2,4H3;6H,1H2,2-4H3;5H,3H2,1-2,4H3;1H2,2-4H3;6H,1H2,2-4H3;1H2,2H3;1H4;2*1H3;;/q;;;;+1;;;;;;;;. The van der Waals surface area contributed by atoms with Crippen LogP contribution in [-0.2, 0) is 0 Å². The Hall–Kier alpha value is 0.338. The van der Waals surface area contributed by atoms with Crippen LogP contribution in [-0.4, -0.2) is 74.9 Å². The number of rotatable bonds is 8. The molecule has 0 fully saturated rings. The van der Waals surface area contributed by atoms with E-state index in [2.05, 4.69) is 190 Å². The maximum Gasteiger partial charge on any atom is 0.110 e. The van der Waals surface area contributed by atoms with Crippen molar-refractivity contribution in [1.29, 1.82) is 0 Å². The molecule has 0 saturated carbocycles. The van der Waals surface area contributed by atoms with Gasteiger partial charge in [0.15, 0.2) is 0 Å². The molecule has 0 N–H and O–H groups in total. The Morgan fingerprint density at radius 3 is 0.837 bits per heavy atom. The van der Waals surface area contributed by atoms with Crippen molar-refractivity contribution >= 4 is 64.7 Å². The second-order valence-electron chi connectivity index (χ2n) is 15.5. The van der Waals surface area contributed by atoms with E-state index in [1.807, 2.05) is 20.8 Å². The summed E-state index contributed by atoms with van der Waals surface area (Å²) in [5.41, 5.74) is 4.19. The van der Waals surface area contributed by atoms with Crippen LogP contribution in [0.5, 0.6) is 0 Å². The SMILES string of the molecule is C.C=C(C)C(=C)C.C=C(C)C(C)C.C=C(C)P(C)C.C=C(C)[SiH](C)C.C=[C](C)[GeH]([CH3])[CH3].C=[C](C)[SnH]([CH3])[CH3].C=[P+](C)C(C)C.CC(C)C(C)C. The van der Waals surface area contributed by atoms with Crippen molar-refractivity contribution in [3.63, 3.8) is 0 Å². The van der Waals surface area contributed by atoms with E-state index in [-0.39, 0.29) is 22.9 Å². The molecule has 0 nitrogen and oxygen atoms in total. The predicted octanol–water partition coefficient (Wildman–Crippen LogP) is 16.3. The third kappa shape index (κ3) is 99.3. The summed E-state index contributed by atoms with van der Waals surface area (Å²) in [6, 6.07) is 0. The van der Waals surface area contributed by atoms with Gasteiger partial charge in [0.25, 0.3) is 0 Å². The Bertz CT molecular complexity index is 716. The molecular weight excluding hydrogens is 810 g/mol. The van der Waals surface area contributed by atoms with E-state index in [4.69, 9.17) is 0 Å². The Balaban J connectivity index is -0.0000000532. The van der Waals surface area contributed by atoms with Crippen molar-refractivity contribution in [2.45, 2.75) is 151 Å². The van der Waals surface area contributed by atoms with Gasteiger partial charge in [-0.15, -0.1) is 6.58 Å². The Labute approximate surface area is 332 Å². The molecule has 0 aliphatic rings. The molecule has 5 heteroatoms. The van der Waals surface area contributed by atoms with Crippen LogP contribution in [0.4, 0.5) is 0 Å². The van der Waals surface area contributed by atoms with Gasteiger partial charge in [-0.1, -0.05) is 124 Å². The van der Waals surface area contributed by atoms with Gasteiger partial charge in [0, 0.05) is 0 Å². The first kappa shape index (κ1) is 70.8. The monoisotopic (exact) mass is 912 g/mol. The van der Waals surface area contributed by atoms with Crippen molar-refractivity contribution in [3.05, 3.63) is 81.3 Å². The molecule has 0 heterocycles. The van der Waals surface area contributed by atoms with Crippen LogP contribution in [0.15, 0.2) is 81.3 Å². The third-order valence-electron chi connectivity index (χ3n) is 7.65. The molecule has 0 rings (SSSR count). The predicted molar refractivity (Wildman–Crippen MR) is 265 cm³/mol. The molecule has 0 aromatic carbocycles. The van der Waals surface area contributed by atoms with Crippen LogP contribution in [0.1, 0.15) is 111 Å². The van der Waals surface area contributed by atoms with E-state index >= 15 is 0 Å². The fraction of sp³-hybridized carbons (Fsp3) is 0.659. The zero-order valence-corrected chi connectivity index (χ0v) is 46.8. The van der Waals surface area contributed by atoms with Gasteiger partial charge < -0.3 is 0 Å². The van der Waals surface area contributed by atoms with E-state index in [1.165, 1.54) is 24.1 Å². The van der Waals surface area contributed by atoms with Gasteiger partial charge in [-0.25, -0.2) is 0 Å². The summed E-state index contributed by atoms with van der Waals surface area (Å²) < 4.78 is 2.92. The molecule has 0 aromatic heterocycles. The minimum absolute atomic E-state index is 0. The summed E-state index contributed by atoms with van der Waals surface area (Å²) in [4.78, 5) is 4.70.